The van der Waals surface area contributed by atoms with E-state index in [2.05, 4.69) is 5.32 Å². The van der Waals surface area contributed by atoms with Crippen molar-refractivity contribution in [3.05, 3.63) is 0 Å². The lowest BCUT2D eigenvalue weighted by Gasteiger charge is -2.48. The fraction of sp³-hybridized carbons (Fsp3) is 0.900. The fourth-order valence-corrected chi connectivity index (χ4v) is 1.98. The molecule has 1 aliphatic rings. The minimum atomic E-state index is -1.24. The van der Waals surface area contributed by atoms with Crippen LogP contribution in [0.1, 0.15) is 20.8 Å². The van der Waals surface area contributed by atoms with Crippen LogP contribution < -0.4 is 5.32 Å². The van der Waals surface area contributed by atoms with Gasteiger partial charge in [0.1, 0.15) is 6.10 Å². The molecule has 0 saturated carbocycles. The minimum absolute atomic E-state index is 0.310. The number of aliphatic hydroxyl groups is 3. The van der Waals surface area contributed by atoms with Gasteiger partial charge in [-0.1, -0.05) is 13.8 Å². The highest BCUT2D eigenvalue weighted by molar-refractivity contribution is 5.73. The van der Waals surface area contributed by atoms with Gasteiger partial charge in [0.05, 0.1) is 18.8 Å². The average Bonchev–Trinajstić information content (AvgIpc) is 2.18. The zero-order valence-corrected chi connectivity index (χ0v) is 9.67. The van der Waals surface area contributed by atoms with E-state index < -0.39 is 30.0 Å². The van der Waals surface area contributed by atoms with E-state index >= 15 is 0 Å². The Balaban J connectivity index is 2.89. The standard InChI is InChI=1S/C10H19NO5/c1-5(13)11-7-9(15)16-6(4-12)8(14)10(7,2)3/h6-9,12,14-15H,4H2,1-3H3,(H,11,13)/t6-,7-,8-,9?/m1/s1. The Kier molecular flexibility index (Phi) is 3.90. The molecule has 0 aliphatic carbocycles. The lowest BCUT2D eigenvalue weighted by molar-refractivity contribution is -0.260. The lowest BCUT2D eigenvalue weighted by Crippen LogP contribution is -2.65. The van der Waals surface area contributed by atoms with Crippen LogP contribution >= 0.6 is 0 Å². The molecule has 1 saturated heterocycles. The fourth-order valence-electron chi connectivity index (χ4n) is 1.98. The number of rotatable bonds is 2. The summed E-state index contributed by atoms with van der Waals surface area (Å²) in [5.74, 6) is -0.310. The molecule has 0 bridgehead atoms. The number of hydrogen-bond donors (Lipinski definition) is 4. The molecule has 6 nitrogen and oxygen atoms in total. The van der Waals surface area contributed by atoms with Crippen molar-refractivity contribution in [3.8, 4) is 0 Å². The molecule has 1 rings (SSSR count). The molecular weight excluding hydrogens is 214 g/mol. The molecular formula is C10H19NO5. The van der Waals surface area contributed by atoms with E-state index in [1.807, 2.05) is 0 Å². The third kappa shape index (κ3) is 2.35. The number of aliphatic hydroxyl groups excluding tert-OH is 3. The van der Waals surface area contributed by atoms with Crippen LogP contribution in [0.3, 0.4) is 0 Å². The number of amides is 1. The van der Waals surface area contributed by atoms with Crippen LogP contribution in [0, 0.1) is 5.41 Å². The SMILES string of the molecule is CC(=O)N[C@@H]1C(O)O[C@H](CO)[C@@H](O)C1(C)C. The van der Waals surface area contributed by atoms with Crippen LogP contribution in [0.2, 0.25) is 0 Å². The summed E-state index contributed by atoms with van der Waals surface area (Å²) in [6.45, 7) is 4.35. The zero-order valence-electron chi connectivity index (χ0n) is 9.67. The van der Waals surface area contributed by atoms with Crippen molar-refractivity contribution in [2.75, 3.05) is 6.61 Å². The van der Waals surface area contributed by atoms with Crippen LogP contribution in [0.5, 0.6) is 0 Å². The summed E-state index contributed by atoms with van der Waals surface area (Å²) in [6.07, 6.45) is -3.03. The summed E-state index contributed by atoms with van der Waals surface area (Å²) < 4.78 is 5.04. The van der Waals surface area contributed by atoms with Crippen molar-refractivity contribution in [1.82, 2.24) is 5.32 Å². The summed E-state index contributed by atoms with van der Waals surface area (Å²) in [5.41, 5.74) is -0.781. The monoisotopic (exact) mass is 233 g/mol. The molecule has 1 heterocycles. The lowest BCUT2D eigenvalue weighted by atomic mass is 9.74. The molecule has 0 aromatic heterocycles. The average molecular weight is 233 g/mol. The molecule has 1 fully saturated rings. The van der Waals surface area contributed by atoms with Gasteiger partial charge in [0.15, 0.2) is 6.29 Å². The maximum atomic E-state index is 11.0. The molecule has 0 aromatic rings. The predicted octanol–water partition coefficient (Wildman–Crippen LogP) is -1.41. The minimum Gasteiger partial charge on any atom is -0.394 e. The largest absolute Gasteiger partial charge is 0.394 e. The predicted molar refractivity (Wildman–Crippen MR) is 55.4 cm³/mol. The maximum absolute atomic E-state index is 11.0. The van der Waals surface area contributed by atoms with Gasteiger partial charge in [-0.15, -0.1) is 0 Å². The van der Waals surface area contributed by atoms with E-state index in [-0.39, 0.29) is 12.5 Å². The van der Waals surface area contributed by atoms with Crippen molar-refractivity contribution in [1.29, 1.82) is 0 Å². The normalized spacial score (nSPS) is 38.1. The molecule has 16 heavy (non-hydrogen) atoms. The molecule has 1 amide bonds. The molecule has 0 aromatic carbocycles. The third-order valence-corrected chi connectivity index (χ3v) is 3.05. The van der Waals surface area contributed by atoms with Gasteiger partial charge in [0.25, 0.3) is 0 Å². The van der Waals surface area contributed by atoms with E-state index in [9.17, 15) is 15.0 Å². The highest BCUT2D eigenvalue weighted by atomic mass is 16.6. The number of hydrogen-bond acceptors (Lipinski definition) is 5. The Labute approximate surface area is 94.2 Å². The molecule has 6 heteroatoms. The second-order valence-electron chi connectivity index (χ2n) is 4.69. The first-order valence-corrected chi connectivity index (χ1v) is 5.20. The Morgan fingerprint density at radius 1 is 1.44 bits per heavy atom. The summed E-state index contributed by atoms with van der Waals surface area (Å²) in [6, 6.07) is -0.706. The molecule has 1 unspecified atom stereocenters. The highest BCUT2D eigenvalue weighted by Gasteiger charge is 2.50. The zero-order chi connectivity index (χ0) is 12.5. The van der Waals surface area contributed by atoms with Gasteiger partial charge < -0.3 is 25.4 Å². The first-order chi connectivity index (χ1) is 7.30. The second-order valence-corrected chi connectivity index (χ2v) is 4.69. The van der Waals surface area contributed by atoms with E-state index in [0.717, 1.165) is 0 Å². The topological polar surface area (TPSA) is 99.0 Å². The summed E-state index contributed by atoms with van der Waals surface area (Å²) >= 11 is 0. The van der Waals surface area contributed by atoms with E-state index in [1.165, 1.54) is 6.92 Å². The van der Waals surface area contributed by atoms with Crippen molar-refractivity contribution in [2.45, 2.75) is 45.3 Å². The van der Waals surface area contributed by atoms with Gasteiger partial charge in [-0.2, -0.15) is 0 Å². The Morgan fingerprint density at radius 2 is 2.00 bits per heavy atom. The van der Waals surface area contributed by atoms with Crippen molar-refractivity contribution in [3.63, 3.8) is 0 Å². The molecule has 0 spiro atoms. The van der Waals surface area contributed by atoms with Crippen LogP contribution in [0.25, 0.3) is 0 Å². The van der Waals surface area contributed by atoms with Crippen LogP contribution in [-0.2, 0) is 9.53 Å². The first-order valence-electron chi connectivity index (χ1n) is 5.20. The second kappa shape index (κ2) is 4.67. The van der Waals surface area contributed by atoms with Gasteiger partial charge >= 0.3 is 0 Å². The first kappa shape index (κ1) is 13.4. The number of ether oxygens (including phenoxy) is 1. The Hall–Kier alpha value is -0.690. The van der Waals surface area contributed by atoms with E-state index in [1.54, 1.807) is 13.8 Å². The Morgan fingerprint density at radius 3 is 2.44 bits per heavy atom. The van der Waals surface area contributed by atoms with E-state index in [4.69, 9.17) is 9.84 Å². The van der Waals surface area contributed by atoms with Gasteiger partial charge in [-0.05, 0) is 0 Å². The summed E-state index contributed by atoms with van der Waals surface area (Å²) in [4.78, 5) is 11.0. The van der Waals surface area contributed by atoms with Crippen molar-refractivity contribution < 1.29 is 24.9 Å². The summed E-state index contributed by atoms with van der Waals surface area (Å²) in [5, 5.41) is 31.2. The smallest absolute Gasteiger partial charge is 0.217 e. The number of carbonyl (C=O) groups is 1. The molecule has 4 atom stereocenters. The highest BCUT2D eigenvalue weighted by Crippen LogP contribution is 2.35. The maximum Gasteiger partial charge on any atom is 0.217 e. The number of carbonyl (C=O) groups excluding carboxylic acids is 1. The van der Waals surface area contributed by atoms with Gasteiger partial charge in [-0.3, -0.25) is 4.79 Å². The van der Waals surface area contributed by atoms with Crippen molar-refractivity contribution in [2.24, 2.45) is 5.41 Å². The molecule has 94 valence electrons. The van der Waals surface area contributed by atoms with Crippen LogP contribution in [0.4, 0.5) is 0 Å². The van der Waals surface area contributed by atoms with Gasteiger partial charge in [0.2, 0.25) is 5.91 Å². The van der Waals surface area contributed by atoms with Gasteiger partial charge in [0, 0.05) is 12.3 Å². The third-order valence-electron chi connectivity index (χ3n) is 3.05. The van der Waals surface area contributed by atoms with Gasteiger partial charge in [-0.25, -0.2) is 0 Å². The van der Waals surface area contributed by atoms with Crippen LogP contribution in [-0.4, -0.2) is 52.4 Å². The van der Waals surface area contributed by atoms with Crippen LogP contribution in [0.15, 0.2) is 0 Å². The summed E-state index contributed by atoms with van der Waals surface area (Å²) in [7, 11) is 0. The van der Waals surface area contributed by atoms with Crippen molar-refractivity contribution >= 4 is 5.91 Å². The molecule has 1 aliphatic heterocycles. The molecule has 0 radical (unpaired) electrons. The number of nitrogens with one attached hydrogen (secondary N) is 1. The molecule has 4 N–H and O–H groups in total. The van der Waals surface area contributed by atoms with E-state index in [0.29, 0.717) is 0 Å². The Bertz CT molecular complexity index is 268. The quantitative estimate of drug-likeness (QED) is 0.469.